The molecule has 3 rings (SSSR count). The molecule has 0 spiro atoms. The average Bonchev–Trinajstić information content (AvgIpc) is 2.72. The summed E-state index contributed by atoms with van der Waals surface area (Å²) >= 11 is 0. The second-order valence-electron chi connectivity index (χ2n) is 6.32. The summed E-state index contributed by atoms with van der Waals surface area (Å²) in [6.07, 6.45) is -1.24. The molecule has 144 valence electrons. The van der Waals surface area contributed by atoms with E-state index in [1.54, 1.807) is 18.2 Å². The van der Waals surface area contributed by atoms with Crippen LogP contribution < -0.4 is 9.47 Å². The molecular weight excluding hydrogens is 358 g/mol. The molecule has 0 radical (unpaired) electrons. The predicted molar refractivity (Wildman–Crippen MR) is 105 cm³/mol. The normalized spacial score (nSPS) is 11.6. The second kappa shape index (κ2) is 9.53. The van der Waals surface area contributed by atoms with Gasteiger partial charge in [0.15, 0.2) is 0 Å². The molecule has 0 aliphatic carbocycles. The molecule has 6 heteroatoms. The number of aliphatic hydroxyl groups excluding tert-OH is 1. The van der Waals surface area contributed by atoms with E-state index in [2.05, 4.69) is 0 Å². The SMILES string of the molecule is O=[N+]([O-])CC(O)c1cc(OCc2ccccc2)cc(OCc2ccccc2)c1. The van der Waals surface area contributed by atoms with Gasteiger partial charge in [0.05, 0.1) is 0 Å². The van der Waals surface area contributed by atoms with Crippen LogP contribution in [0.2, 0.25) is 0 Å². The van der Waals surface area contributed by atoms with Gasteiger partial charge < -0.3 is 14.6 Å². The third-order valence-electron chi connectivity index (χ3n) is 4.11. The number of nitrogens with zero attached hydrogens (tertiary/aromatic N) is 1. The first-order valence-corrected chi connectivity index (χ1v) is 8.88. The highest BCUT2D eigenvalue weighted by molar-refractivity contribution is 5.40. The van der Waals surface area contributed by atoms with Crippen LogP contribution in [0, 0.1) is 10.1 Å². The summed E-state index contributed by atoms with van der Waals surface area (Å²) in [5.41, 5.74) is 2.36. The molecule has 0 aliphatic heterocycles. The number of ether oxygens (including phenoxy) is 2. The minimum Gasteiger partial charge on any atom is -0.489 e. The molecule has 1 unspecified atom stereocenters. The van der Waals surface area contributed by atoms with Gasteiger partial charge >= 0.3 is 0 Å². The monoisotopic (exact) mass is 379 g/mol. The van der Waals surface area contributed by atoms with Crippen LogP contribution in [0.1, 0.15) is 22.8 Å². The minimum absolute atomic E-state index is 0.341. The molecule has 0 saturated heterocycles. The lowest BCUT2D eigenvalue weighted by Crippen LogP contribution is -2.12. The predicted octanol–water partition coefficient (Wildman–Crippen LogP) is 4.15. The molecule has 0 bridgehead atoms. The molecule has 28 heavy (non-hydrogen) atoms. The summed E-state index contributed by atoms with van der Waals surface area (Å²) in [6, 6.07) is 24.2. The summed E-state index contributed by atoms with van der Waals surface area (Å²) in [7, 11) is 0. The number of aliphatic hydroxyl groups is 1. The molecule has 0 aliphatic rings. The fraction of sp³-hybridized carbons (Fsp3) is 0.182. The van der Waals surface area contributed by atoms with E-state index in [9.17, 15) is 15.2 Å². The van der Waals surface area contributed by atoms with Crippen molar-refractivity contribution >= 4 is 0 Å². The number of rotatable bonds is 9. The lowest BCUT2D eigenvalue weighted by Gasteiger charge is -2.14. The maximum absolute atomic E-state index is 10.8. The van der Waals surface area contributed by atoms with Crippen molar-refractivity contribution in [3.05, 3.63) is 106 Å². The third kappa shape index (κ3) is 5.82. The highest BCUT2D eigenvalue weighted by Crippen LogP contribution is 2.28. The van der Waals surface area contributed by atoms with Crippen LogP contribution in [-0.2, 0) is 13.2 Å². The Morgan fingerprint density at radius 1 is 0.821 bits per heavy atom. The van der Waals surface area contributed by atoms with Gasteiger partial charge in [-0.1, -0.05) is 60.7 Å². The Kier molecular flexibility index (Phi) is 6.59. The number of nitro groups is 1. The van der Waals surface area contributed by atoms with E-state index < -0.39 is 17.6 Å². The van der Waals surface area contributed by atoms with Gasteiger partial charge in [0.2, 0.25) is 6.54 Å². The van der Waals surface area contributed by atoms with Gasteiger partial charge in [0.25, 0.3) is 0 Å². The lowest BCUT2D eigenvalue weighted by molar-refractivity contribution is -0.491. The van der Waals surface area contributed by atoms with Crippen LogP contribution in [0.3, 0.4) is 0 Å². The van der Waals surface area contributed by atoms with Gasteiger partial charge in [0, 0.05) is 11.0 Å². The molecular formula is C22H21NO5. The summed E-state index contributed by atoms with van der Waals surface area (Å²) in [6.45, 7) is 0.0990. The van der Waals surface area contributed by atoms with Crippen LogP contribution in [-0.4, -0.2) is 16.6 Å². The molecule has 0 heterocycles. The van der Waals surface area contributed by atoms with Crippen LogP contribution in [0.15, 0.2) is 78.9 Å². The molecule has 0 fully saturated rings. The van der Waals surface area contributed by atoms with Crippen molar-refractivity contribution in [1.29, 1.82) is 0 Å². The molecule has 0 saturated carbocycles. The van der Waals surface area contributed by atoms with Crippen molar-refractivity contribution in [3.63, 3.8) is 0 Å². The number of hydrogen-bond acceptors (Lipinski definition) is 5. The lowest BCUT2D eigenvalue weighted by atomic mass is 10.1. The zero-order valence-electron chi connectivity index (χ0n) is 15.2. The van der Waals surface area contributed by atoms with Crippen LogP contribution in [0.5, 0.6) is 11.5 Å². The Balaban J connectivity index is 1.77. The van der Waals surface area contributed by atoms with Crippen molar-refractivity contribution in [3.8, 4) is 11.5 Å². The fourth-order valence-electron chi connectivity index (χ4n) is 2.68. The van der Waals surface area contributed by atoms with Gasteiger partial charge in [-0.2, -0.15) is 0 Å². The summed E-state index contributed by atoms with van der Waals surface area (Å²) in [5, 5.41) is 20.9. The summed E-state index contributed by atoms with van der Waals surface area (Å²) in [5.74, 6) is 0.957. The quantitative estimate of drug-likeness (QED) is 0.446. The molecule has 6 nitrogen and oxygen atoms in total. The largest absolute Gasteiger partial charge is 0.489 e. The maximum atomic E-state index is 10.8. The Hall–Kier alpha value is -3.38. The van der Waals surface area contributed by atoms with E-state index in [1.807, 2.05) is 60.7 Å². The van der Waals surface area contributed by atoms with Crippen LogP contribution >= 0.6 is 0 Å². The Morgan fingerprint density at radius 2 is 1.29 bits per heavy atom. The Morgan fingerprint density at radius 3 is 1.71 bits per heavy atom. The van der Waals surface area contributed by atoms with E-state index in [0.29, 0.717) is 30.3 Å². The fourth-order valence-corrected chi connectivity index (χ4v) is 2.68. The van der Waals surface area contributed by atoms with Crippen molar-refractivity contribution in [2.24, 2.45) is 0 Å². The average molecular weight is 379 g/mol. The molecule has 1 atom stereocenters. The summed E-state index contributed by atoms with van der Waals surface area (Å²) in [4.78, 5) is 10.2. The van der Waals surface area contributed by atoms with Gasteiger partial charge in [-0.25, -0.2) is 0 Å². The van der Waals surface area contributed by atoms with Crippen molar-refractivity contribution < 1.29 is 19.5 Å². The van der Waals surface area contributed by atoms with Gasteiger partial charge in [-0.15, -0.1) is 0 Å². The van der Waals surface area contributed by atoms with Crippen molar-refractivity contribution in [2.75, 3.05) is 6.54 Å². The maximum Gasteiger partial charge on any atom is 0.233 e. The first-order chi connectivity index (χ1) is 13.6. The van der Waals surface area contributed by atoms with E-state index in [1.165, 1.54) is 0 Å². The zero-order chi connectivity index (χ0) is 19.8. The van der Waals surface area contributed by atoms with E-state index in [0.717, 1.165) is 11.1 Å². The molecule has 1 N–H and O–H groups in total. The van der Waals surface area contributed by atoms with Gasteiger partial charge in [0.1, 0.15) is 30.8 Å². The van der Waals surface area contributed by atoms with E-state index in [-0.39, 0.29) is 0 Å². The first kappa shape index (κ1) is 19.4. The minimum atomic E-state index is -1.24. The van der Waals surface area contributed by atoms with E-state index in [4.69, 9.17) is 9.47 Å². The Labute approximate surface area is 163 Å². The van der Waals surface area contributed by atoms with Gasteiger partial charge in [-0.05, 0) is 28.8 Å². The highest BCUT2D eigenvalue weighted by Gasteiger charge is 2.17. The molecule has 0 amide bonds. The second-order valence-corrected chi connectivity index (χ2v) is 6.32. The highest BCUT2D eigenvalue weighted by atomic mass is 16.6. The smallest absolute Gasteiger partial charge is 0.233 e. The zero-order valence-corrected chi connectivity index (χ0v) is 15.2. The molecule has 0 aromatic heterocycles. The topological polar surface area (TPSA) is 81.8 Å². The first-order valence-electron chi connectivity index (χ1n) is 8.88. The Bertz CT molecular complexity index is 838. The molecule has 3 aromatic carbocycles. The standard InChI is InChI=1S/C22H21NO5/c24-22(14-23(25)26)19-11-20(27-15-17-7-3-1-4-8-17)13-21(12-19)28-16-18-9-5-2-6-10-18/h1-13,22,24H,14-16H2. The number of benzene rings is 3. The van der Waals surface area contributed by atoms with E-state index >= 15 is 0 Å². The molecule has 3 aromatic rings. The van der Waals surface area contributed by atoms with Crippen molar-refractivity contribution in [1.82, 2.24) is 0 Å². The van der Waals surface area contributed by atoms with Gasteiger partial charge in [-0.3, -0.25) is 10.1 Å². The van der Waals surface area contributed by atoms with Crippen LogP contribution in [0.25, 0.3) is 0 Å². The third-order valence-corrected chi connectivity index (χ3v) is 4.11. The van der Waals surface area contributed by atoms with Crippen LogP contribution in [0.4, 0.5) is 0 Å². The summed E-state index contributed by atoms with van der Waals surface area (Å²) < 4.78 is 11.6. The van der Waals surface area contributed by atoms with Crippen molar-refractivity contribution in [2.45, 2.75) is 19.3 Å². The number of hydrogen-bond donors (Lipinski definition) is 1.